The summed E-state index contributed by atoms with van der Waals surface area (Å²) < 4.78 is 10.8. The third-order valence-electron chi connectivity index (χ3n) is 3.36. The Morgan fingerprint density at radius 2 is 2.33 bits per heavy atom. The lowest BCUT2D eigenvalue weighted by Gasteiger charge is -2.27. The molecular weight excluding hydrogens is 274 g/mol. The molecule has 1 aromatic carbocycles. The van der Waals surface area contributed by atoms with Crippen molar-refractivity contribution < 1.29 is 19.2 Å². The van der Waals surface area contributed by atoms with E-state index < -0.39 is 5.97 Å². The number of benzene rings is 1. The van der Waals surface area contributed by atoms with Crippen molar-refractivity contribution in [2.75, 3.05) is 26.7 Å². The van der Waals surface area contributed by atoms with Crippen LogP contribution in [0.15, 0.2) is 28.8 Å². The summed E-state index contributed by atoms with van der Waals surface area (Å²) in [6.07, 6.45) is -0.219. The van der Waals surface area contributed by atoms with Gasteiger partial charge < -0.3 is 19.3 Å². The number of morpholine rings is 1. The highest BCUT2D eigenvalue weighted by Gasteiger charge is 2.24. The first-order valence-corrected chi connectivity index (χ1v) is 6.61. The van der Waals surface area contributed by atoms with Gasteiger partial charge in [0.2, 0.25) is 5.82 Å². The van der Waals surface area contributed by atoms with Crippen molar-refractivity contribution in [1.29, 1.82) is 0 Å². The molecule has 0 bridgehead atoms. The average Bonchev–Trinajstić information content (AvgIpc) is 2.97. The van der Waals surface area contributed by atoms with Gasteiger partial charge in [0, 0.05) is 18.7 Å². The van der Waals surface area contributed by atoms with Crippen LogP contribution in [0.5, 0.6) is 0 Å². The topological polar surface area (TPSA) is 88.7 Å². The van der Waals surface area contributed by atoms with Gasteiger partial charge in [0.1, 0.15) is 6.10 Å². The fourth-order valence-electron chi connectivity index (χ4n) is 2.20. The Kier molecular flexibility index (Phi) is 3.68. The number of hydrogen-bond acceptors (Lipinski definition) is 6. The van der Waals surface area contributed by atoms with Gasteiger partial charge in [-0.05, 0) is 25.2 Å². The fourth-order valence-corrected chi connectivity index (χ4v) is 2.20. The van der Waals surface area contributed by atoms with Gasteiger partial charge in [0.05, 0.1) is 12.2 Å². The van der Waals surface area contributed by atoms with Gasteiger partial charge in [0.15, 0.2) is 0 Å². The number of carboxylic acid groups (broad SMARTS) is 1. The third-order valence-corrected chi connectivity index (χ3v) is 3.36. The zero-order valence-electron chi connectivity index (χ0n) is 11.5. The van der Waals surface area contributed by atoms with Crippen LogP contribution in [0.4, 0.5) is 0 Å². The summed E-state index contributed by atoms with van der Waals surface area (Å²) in [5.74, 6) is -0.212. The van der Waals surface area contributed by atoms with Gasteiger partial charge in [-0.1, -0.05) is 11.2 Å². The second-order valence-electron chi connectivity index (χ2n) is 4.97. The molecule has 2 heterocycles. The first-order valence-electron chi connectivity index (χ1n) is 6.61. The maximum atomic E-state index is 11.0. The molecule has 1 fully saturated rings. The average molecular weight is 289 g/mol. The minimum absolute atomic E-state index is 0.181. The van der Waals surface area contributed by atoms with Gasteiger partial charge in [-0.2, -0.15) is 4.98 Å². The molecule has 0 spiro atoms. The SMILES string of the molecule is CN1CCOC(c2noc(-c3cccc(C(=O)O)c3)n2)C1. The number of rotatable bonds is 3. The second-order valence-corrected chi connectivity index (χ2v) is 4.97. The van der Waals surface area contributed by atoms with Gasteiger partial charge in [-0.25, -0.2) is 4.79 Å². The van der Waals surface area contributed by atoms with Gasteiger partial charge in [-0.15, -0.1) is 0 Å². The normalized spacial score (nSPS) is 19.6. The fraction of sp³-hybridized carbons (Fsp3) is 0.357. The lowest BCUT2D eigenvalue weighted by atomic mass is 10.1. The van der Waals surface area contributed by atoms with E-state index in [9.17, 15) is 4.79 Å². The monoisotopic (exact) mass is 289 g/mol. The van der Waals surface area contributed by atoms with E-state index in [0.29, 0.717) is 30.4 Å². The number of aromatic carboxylic acids is 1. The Bertz CT molecular complexity index is 655. The maximum Gasteiger partial charge on any atom is 0.335 e. The van der Waals surface area contributed by atoms with Crippen molar-refractivity contribution in [3.8, 4) is 11.5 Å². The molecule has 1 aliphatic rings. The minimum atomic E-state index is -0.992. The Hall–Kier alpha value is -2.25. The van der Waals surface area contributed by atoms with E-state index in [1.165, 1.54) is 12.1 Å². The second kappa shape index (κ2) is 5.63. The van der Waals surface area contributed by atoms with E-state index in [-0.39, 0.29) is 11.7 Å². The molecule has 1 saturated heterocycles. The highest BCUT2D eigenvalue weighted by Crippen LogP contribution is 2.23. The van der Waals surface area contributed by atoms with Crippen molar-refractivity contribution in [2.45, 2.75) is 6.10 Å². The van der Waals surface area contributed by atoms with E-state index >= 15 is 0 Å². The predicted molar refractivity (Wildman–Crippen MR) is 72.9 cm³/mol. The summed E-state index contributed by atoms with van der Waals surface area (Å²) in [5.41, 5.74) is 0.763. The van der Waals surface area contributed by atoms with Crippen LogP contribution in [0.25, 0.3) is 11.5 Å². The van der Waals surface area contributed by atoms with Crippen molar-refractivity contribution >= 4 is 5.97 Å². The quantitative estimate of drug-likeness (QED) is 0.914. The minimum Gasteiger partial charge on any atom is -0.478 e. The Labute approximate surface area is 121 Å². The molecule has 2 aromatic rings. The zero-order chi connectivity index (χ0) is 14.8. The van der Waals surface area contributed by atoms with E-state index in [1.54, 1.807) is 12.1 Å². The Morgan fingerprint density at radius 3 is 3.10 bits per heavy atom. The summed E-state index contributed by atoms with van der Waals surface area (Å²) in [6, 6.07) is 6.40. The Balaban J connectivity index is 1.84. The highest BCUT2D eigenvalue weighted by molar-refractivity contribution is 5.88. The standard InChI is InChI=1S/C14H15N3O4/c1-17-5-6-20-11(8-17)12-15-13(21-16-12)9-3-2-4-10(7-9)14(18)19/h2-4,7,11H,5-6,8H2,1H3,(H,18,19). The molecule has 1 atom stereocenters. The molecule has 0 amide bonds. The van der Waals surface area contributed by atoms with E-state index in [4.69, 9.17) is 14.4 Å². The van der Waals surface area contributed by atoms with Crippen molar-refractivity contribution in [3.05, 3.63) is 35.7 Å². The maximum absolute atomic E-state index is 11.0. The van der Waals surface area contributed by atoms with Crippen molar-refractivity contribution in [1.82, 2.24) is 15.0 Å². The van der Waals surface area contributed by atoms with Crippen LogP contribution >= 0.6 is 0 Å². The van der Waals surface area contributed by atoms with Crippen molar-refractivity contribution in [2.24, 2.45) is 0 Å². The number of aromatic nitrogens is 2. The molecule has 7 heteroatoms. The molecule has 0 saturated carbocycles. The smallest absolute Gasteiger partial charge is 0.335 e. The molecule has 1 aliphatic heterocycles. The molecule has 110 valence electrons. The van der Waals surface area contributed by atoms with Gasteiger partial charge >= 0.3 is 5.97 Å². The van der Waals surface area contributed by atoms with Crippen LogP contribution in [-0.2, 0) is 4.74 Å². The van der Waals surface area contributed by atoms with Crippen LogP contribution in [-0.4, -0.2) is 52.9 Å². The van der Waals surface area contributed by atoms with Crippen LogP contribution in [0.1, 0.15) is 22.3 Å². The van der Waals surface area contributed by atoms with Crippen LogP contribution in [0.3, 0.4) is 0 Å². The number of likely N-dealkylation sites (N-methyl/N-ethyl adjacent to an activating group) is 1. The van der Waals surface area contributed by atoms with Crippen LogP contribution < -0.4 is 0 Å². The van der Waals surface area contributed by atoms with Gasteiger partial charge in [-0.3, -0.25) is 0 Å². The first-order chi connectivity index (χ1) is 10.1. The third kappa shape index (κ3) is 2.93. The van der Waals surface area contributed by atoms with Crippen LogP contribution in [0, 0.1) is 0 Å². The first kappa shape index (κ1) is 13.7. The lowest BCUT2D eigenvalue weighted by molar-refractivity contribution is -0.0264. The highest BCUT2D eigenvalue weighted by atomic mass is 16.5. The van der Waals surface area contributed by atoms with E-state index in [1.807, 2.05) is 7.05 Å². The van der Waals surface area contributed by atoms with E-state index in [2.05, 4.69) is 15.0 Å². The molecule has 7 nitrogen and oxygen atoms in total. The molecule has 21 heavy (non-hydrogen) atoms. The number of carboxylic acids is 1. The number of carbonyl (C=O) groups is 1. The Morgan fingerprint density at radius 1 is 1.48 bits per heavy atom. The number of hydrogen-bond donors (Lipinski definition) is 1. The van der Waals surface area contributed by atoms with Crippen LogP contribution in [0.2, 0.25) is 0 Å². The molecule has 0 radical (unpaired) electrons. The summed E-state index contributed by atoms with van der Waals surface area (Å²) in [7, 11) is 2.01. The molecule has 0 aliphatic carbocycles. The largest absolute Gasteiger partial charge is 0.478 e. The van der Waals surface area contributed by atoms with Gasteiger partial charge in [0.25, 0.3) is 5.89 Å². The zero-order valence-corrected chi connectivity index (χ0v) is 11.5. The molecule has 1 N–H and O–H groups in total. The summed E-state index contributed by atoms with van der Waals surface area (Å²) in [6.45, 7) is 2.20. The summed E-state index contributed by atoms with van der Waals surface area (Å²) in [5, 5.41) is 12.9. The molecule has 3 rings (SSSR count). The molecule has 1 aromatic heterocycles. The predicted octanol–water partition coefficient (Wildman–Crippen LogP) is 1.44. The van der Waals surface area contributed by atoms with Crippen molar-refractivity contribution in [3.63, 3.8) is 0 Å². The summed E-state index contributed by atoms with van der Waals surface area (Å²) >= 11 is 0. The van der Waals surface area contributed by atoms with E-state index in [0.717, 1.165) is 6.54 Å². The number of ether oxygens (including phenoxy) is 1. The lowest BCUT2D eigenvalue weighted by Crippen LogP contribution is -2.35. The number of nitrogens with zero attached hydrogens (tertiary/aromatic N) is 3. The molecular formula is C14H15N3O4. The molecule has 1 unspecified atom stereocenters. The summed E-state index contributed by atoms with van der Waals surface area (Å²) in [4.78, 5) is 17.4.